The van der Waals surface area contributed by atoms with Crippen LogP contribution in [-0.2, 0) is 30.8 Å². The van der Waals surface area contributed by atoms with Crippen LogP contribution in [0.15, 0.2) is 52.4 Å². The Labute approximate surface area is 218 Å². The number of rotatable bonds is 8. The maximum Gasteiger partial charge on any atom is 0.337 e. The van der Waals surface area contributed by atoms with E-state index in [2.05, 4.69) is 4.99 Å². The highest BCUT2D eigenvalue weighted by molar-refractivity contribution is 7.89. The van der Waals surface area contributed by atoms with Crippen molar-refractivity contribution in [2.24, 2.45) is 4.99 Å². The smallest absolute Gasteiger partial charge is 0.337 e. The molecule has 2 aromatic carbocycles. The highest BCUT2D eigenvalue weighted by Gasteiger charge is 2.39. The van der Waals surface area contributed by atoms with Gasteiger partial charge >= 0.3 is 5.97 Å². The summed E-state index contributed by atoms with van der Waals surface area (Å²) in [6.07, 6.45) is 0.934. The number of fused-ring (bicyclic) bond motifs is 1. The number of carbonyl (C=O) groups excluding carboxylic acids is 2. The van der Waals surface area contributed by atoms with Crippen molar-refractivity contribution in [2.75, 3.05) is 26.9 Å². The van der Waals surface area contributed by atoms with Gasteiger partial charge in [-0.15, -0.1) is 0 Å². The zero-order chi connectivity index (χ0) is 25.9. The van der Waals surface area contributed by atoms with Gasteiger partial charge < -0.3 is 14.0 Å². The molecule has 1 aromatic heterocycles. The Morgan fingerprint density at radius 2 is 1.94 bits per heavy atom. The van der Waals surface area contributed by atoms with Gasteiger partial charge in [0.25, 0.3) is 5.91 Å². The molecule has 9 nitrogen and oxygen atoms in total. The number of hydrogen-bond acceptors (Lipinski definition) is 7. The van der Waals surface area contributed by atoms with Gasteiger partial charge in [-0.25, -0.2) is 13.2 Å². The summed E-state index contributed by atoms with van der Waals surface area (Å²) >= 11 is 7.15. The highest BCUT2D eigenvalue weighted by atomic mass is 35.5. The summed E-state index contributed by atoms with van der Waals surface area (Å²) in [5, 5.41) is 0.426. The molecular weight excluding hydrogens is 526 g/mol. The van der Waals surface area contributed by atoms with Gasteiger partial charge in [0.05, 0.1) is 34.4 Å². The Bertz CT molecular complexity index is 1450. The van der Waals surface area contributed by atoms with Crippen LogP contribution in [0.2, 0.25) is 5.02 Å². The van der Waals surface area contributed by atoms with E-state index in [1.54, 1.807) is 18.2 Å². The third-order valence-corrected chi connectivity index (χ3v) is 9.10. The monoisotopic (exact) mass is 551 g/mol. The first-order valence-corrected chi connectivity index (χ1v) is 14.0. The molecule has 2 heterocycles. The van der Waals surface area contributed by atoms with E-state index in [4.69, 9.17) is 21.1 Å². The van der Waals surface area contributed by atoms with Gasteiger partial charge in [0, 0.05) is 24.7 Å². The standard InChI is InChI=1S/C24H26ClN3O6S2/c1-3-34-14-13-27-19-11-6-16(23(30)33-2)15-21(19)35-24(27)26-22(29)20-5-4-12-28(20)36(31,32)18-9-7-17(25)8-10-18/h6-11,15,20H,3-5,12-14H2,1-2H3. The lowest BCUT2D eigenvalue weighted by Crippen LogP contribution is -2.40. The Morgan fingerprint density at radius 1 is 1.19 bits per heavy atom. The fourth-order valence-electron chi connectivity index (χ4n) is 4.11. The highest BCUT2D eigenvalue weighted by Crippen LogP contribution is 2.28. The number of nitrogens with zero attached hydrogens (tertiary/aromatic N) is 3. The predicted octanol–water partition coefficient (Wildman–Crippen LogP) is 3.46. The Hall–Kier alpha value is -2.57. The summed E-state index contributed by atoms with van der Waals surface area (Å²) in [7, 11) is -2.58. The van der Waals surface area contributed by atoms with Crippen LogP contribution in [0, 0.1) is 0 Å². The van der Waals surface area contributed by atoms with E-state index in [1.807, 2.05) is 11.5 Å². The zero-order valence-electron chi connectivity index (χ0n) is 19.8. The normalized spacial score (nSPS) is 17.1. The molecule has 36 heavy (non-hydrogen) atoms. The molecule has 1 aliphatic rings. The first-order valence-electron chi connectivity index (χ1n) is 11.4. The molecule has 4 rings (SSSR count). The molecule has 12 heteroatoms. The average molecular weight is 552 g/mol. The molecule has 0 aliphatic carbocycles. The lowest BCUT2D eigenvalue weighted by molar-refractivity contribution is -0.121. The summed E-state index contributed by atoms with van der Waals surface area (Å²) < 4.78 is 40.6. The second kappa shape index (κ2) is 11.2. The van der Waals surface area contributed by atoms with Crippen LogP contribution in [0.4, 0.5) is 0 Å². The Morgan fingerprint density at radius 3 is 2.64 bits per heavy atom. The maximum atomic E-state index is 13.3. The molecule has 0 spiro atoms. The number of ether oxygens (including phenoxy) is 2. The van der Waals surface area contributed by atoms with E-state index < -0.39 is 27.9 Å². The van der Waals surface area contributed by atoms with Crippen molar-refractivity contribution in [2.45, 2.75) is 37.2 Å². The van der Waals surface area contributed by atoms with Crippen molar-refractivity contribution in [3.05, 3.63) is 57.9 Å². The second-order valence-corrected chi connectivity index (χ2v) is 11.4. The predicted molar refractivity (Wildman–Crippen MR) is 137 cm³/mol. The van der Waals surface area contributed by atoms with Crippen molar-refractivity contribution >= 4 is 55.1 Å². The molecular formula is C24H26ClN3O6S2. The minimum atomic E-state index is -3.89. The summed E-state index contributed by atoms with van der Waals surface area (Å²) in [4.78, 5) is 30.2. The molecule has 1 fully saturated rings. The average Bonchev–Trinajstić information content (AvgIpc) is 3.49. The van der Waals surface area contributed by atoms with E-state index in [-0.39, 0.29) is 11.4 Å². The summed E-state index contributed by atoms with van der Waals surface area (Å²) in [5.74, 6) is -0.996. The van der Waals surface area contributed by atoms with Crippen LogP contribution >= 0.6 is 22.9 Å². The van der Waals surface area contributed by atoms with Gasteiger partial charge in [-0.05, 0) is 62.2 Å². The number of aromatic nitrogens is 1. The summed E-state index contributed by atoms with van der Waals surface area (Å²) in [6.45, 7) is 3.51. The van der Waals surface area contributed by atoms with E-state index in [9.17, 15) is 18.0 Å². The molecule has 3 aromatic rings. The van der Waals surface area contributed by atoms with E-state index in [0.717, 1.165) is 10.2 Å². The number of methoxy groups -OCH3 is 1. The topological polar surface area (TPSA) is 107 Å². The van der Waals surface area contributed by atoms with Crippen LogP contribution in [-0.4, -0.2) is 62.1 Å². The SMILES string of the molecule is CCOCCn1c(=NC(=O)C2CCCN2S(=O)(=O)c2ccc(Cl)cc2)sc2cc(C(=O)OC)ccc21. The minimum Gasteiger partial charge on any atom is -0.465 e. The van der Waals surface area contributed by atoms with Crippen LogP contribution in [0.25, 0.3) is 10.2 Å². The van der Waals surface area contributed by atoms with Crippen molar-refractivity contribution in [3.63, 3.8) is 0 Å². The molecule has 1 unspecified atom stereocenters. The van der Waals surface area contributed by atoms with E-state index in [1.165, 1.54) is 47.0 Å². The van der Waals surface area contributed by atoms with E-state index >= 15 is 0 Å². The Balaban J connectivity index is 1.71. The van der Waals surface area contributed by atoms with Crippen LogP contribution in [0.5, 0.6) is 0 Å². The number of carbonyl (C=O) groups is 2. The zero-order valence-corrected chi connectivity index (χ0v) is 22.2. The maximum absolute atomic E-state index is 13.3. The lowest BCUT2D eigenvalue weighted by Gasteiger charge is -2.21. The number of thiazole rings is 1. The molecule has 0 bridgehead atoms. The molecule has 1 amide bonds. The van der Waals surface area contributed by atoms with Crippen molar-refractivity contribution in [1.29, 1.82) is 0 Å². The van der Waals surface area contributed by atoms with Crippen molar-refractivity contribution in [3.8, 4) is 0 Å². The molecule has 0 radical (unpaired) electrons. The largest absolute Gasteiger partial charge is 0.465 e. The van der Waals surface area contributed by atoms with Gasteiger partial charge in [0.15, 0.2) is 4.80 Å². The van der Waals surface area contributed by atoms with Gasteiger partial charge in [0.2, 0.25) is 10.0 Å². The molecule has 1 atom stereocenters. The van der Waals surface area contributed by atoms with E-state index in [0.29, 0.717) is 48.0 Å². The minimum absolute atomic E-state index is 0.0792. The molecule has 0 N–H and O–H groups in total. The van der Waals surface area contributed by atoms with Gasteiger partial charge in [-0.3, -0.25) is 4.79 Å². The fourth-order valence-corrected chi connectivity index (χ4v) is 6.98. The fraction of sp³-hybridized carbons (Fsp3) is 0.375. The van der Waals surface area contributed by atoms with Crippen LogP contribution in [0.3, 0.4) is 0 Å². The number of amides is 1. The summed E-state index contributed by atoms with van der Waals surface area (Å²) in [5.41, 5.74) is 1.17. The second-order valence-electron chi connectivity index (χ2n) is 8.09. The number of halogens is 1. The van der Waals surface area contributed by atoms with Crippen LogP contribution < -0.4 is 4.80 Å². The van der Waals surface area contributed by atoms with Crippen molar-refractivity contribution < 1.29 is 27.5 Å². The molecule has 0 saturated carbocycles. The first-order chi connectivity index (χ1) is 17.3. The molecule has 192 valence electrons. The van der Waals surface area contributed by atoms with Gasteiger partial charge in [-0.1, -0.05) is 22.9 Å². The van der Waals surface area contributed by atoms with Gasteiger partial charge in [0.1, 0.15) is 6.04 Å². The number of esters is 1. The number of benzene rings is 2. The number of sulfonamides is 1. The lowest BCUT2D eigenvalue weighted by atomic mass is 10.2. The van der Waals surface area contributed by atoms with Gasteiger partial charge in [-0.2, -0.15) is 9.30 Å². The Kier molecular flexibility index (Phi) is 8.26. The summed E-state index contributed by atoms with van der Waals surface area (Å²) in [6, 6.07) is 10.1. The molecule has 1 saturated heterocycles. The van der Waals surface area contributed by atoms with Crippen molar-refractivity contribution in [1.82, 2.24) is 8.87 Å². The quantitative estimate of drug-likeness (QED) is 0.313. The first kappa shape index (κ1) is 26.5. The van der Waals surface area contributed by atoms with Crippen LogP contribution in [0.1, 0.15) is 30.1 Å². The molecule has 1 aliphatic heterocycles. The third kappa shape index (κ3) is 5.40. The number of hydrogen-bond donors (Lipinski definition) is 0. The third-order valence-electron chi connectivity index (χ3n) is 5.88.